The molecular weight excluding hydrogens is 452 g/mol. The van der Waals surface area contributed by atoms with E-state index in [2.05, 4.69) is 20.1 Å². The maximum atomic E-state index is 13.5. The average molecular weight is 477 g/mol. The molecule has 0 atom stereocenters. The van der Waals surface area contributed by atoms with Crippen LogP contribution in [0, 0.1) is 6.92 Å². The van der Waals surface area contributed by atoms with Gasteiger partial charge < -0.3 is 9.64 Å². The van der Waals surface area contributed by atoms with Crippen molar-refractivity contribution in [3.05, 3.63) is 69.2 Å². The standard InChI is InChI=1S/C24H24N6O3S/c1-3-33-24(32)22-17-13-29(23(31)16-5-4-6-18-21(16)26-10-9-25-18)11-7-19(17)30(28-22)12-8-20-15(2)27-14-34-20/h4-6,9-10,14H,3,7-8,11-13H2,1-2H3. The van der Waals surface area contributed by atoms with Gasteiger partial charge in [-0.1, -0.05) is 6.07 Å². The van der Waals surface area contributed by atoms with Gasteiger partial charge in [-0.2, -0.15) is 5.10 Å². The lowest BCUT2D eigenvalue weighted by atomic mass is 10.0. The summed E-state index contributed by atoms with van der Waals surface area (Å²) in [4.78, 5) is 42.1. The maximum absolute atomic E-state index is 13.5. The second-order valence-corrected chi connectivity index (χ2v) is 8.97. The van der Waals surface area contributed by atoms with Gasteiger partial charge in [0.1, 0.15) is 5.52 Å². The van der Waals surface area contributed by atoms with Crippen LogP contribution in [0.5, 0.6) is 0 Å². The van der Waals surface area contributed by atoms with Crippen LogP contribution in [0.3, 0.4) is 0 Å². The molecule has 10 heteroatoms. The number of hydrogen-bond donors (Lipinski definition) is 0. The average Bonchev–Trinajstić information content (AvgIpc) is 3.44. The van der Waals surface area contributed by atoms with E-state index in [1.165, 1.54) is 4.88 Å². The van der Waals surface area contributed by atoms with Gasteiger partial charge in [0.25, 0.3) is 5.91 Å². The maximum Gasteiger partial charge on any atom is 0.359 e. The summed E-state index contributed by atoms with van der Waals surface area (Å²) in [7, 11) is 0. The van der Waals surface area contributed by atoms with E-state index in [-0.39, 0.29) is 18.2 Å². The third-order valence-electron chi connectivity index (χ3n) is 6.01. The first kappa shape index (κ1) is 22.1. The lowest BCUT2D eigenvalue weighted by Crippen LogP contribution is -2.37. The van der Waals surface area contributed by atoms with Crippen molar-refractivity contribution in [1.82, 2.24) is 29.6 Å². The minimum absolute atomic E-state index is 0.139. The highest BCUT2D eigenvalue weighted by Crippen LogP contribution is 2.27. The third-order valence-corrected chi connectivity index (χ3v) is 7.01. The Kier molecular flexibility index (Phi) is 6.06. The predicted molar refractivity (Wildman–Crippen MR) is 127 cm³/mol. The number of para-hydroxylation sites is 1. The molecule has 34 heavy (non-hydrogen) atoms. The number of fused-ring (bicyclic) bond motifs is 2. The molecule has 0 radical (unpaired) electrons. The van der Waals surface area contributed by atoms with E-state index in [9.17, 15) is 9.59 Å². The molecule has 0 saturated heterocycles. The summed E-state index contributed by atoms with van der Waals surface area (Å²) in [5.74, 6) is -0.601. The van der Waals surface area contributed by atoms with Gasteiger partial charge in [-0.25, -0.2) is 9.78 Å². The fourth-order valence-electron chi connectivity index (χ4n) is 4.32. The first-order valence-corrected chi connectivity index (χ1v) is 12.1. The van der Waals surface area contributed by atoms with Crippen LogP contribution in [0.1, 0.15) is 49.6 Å². The van der Waals surface area contributed by atoms with Crippen LogP contribution >= 0.6 is 11.3 Å². The van der Waals surface area contributed by atoms with Crippen molar-refractivity contribution in [3.63, 3.8) is 0 Å². The molecule has 1 amide bonds. The number of rotatable bonds is 6. The van der Waals surface area contributed by atoms with Crippen molar-refractivity contribution in [2.75, 3.05) is 13.2 Å². The summed E-state index contributed by atoms with van der Waals surface area (Å²) in [6.07, 6.45) is 4.58. The lowest BCUT2D eigenvalue weighted by molar-refractivity contribution is 0.0513. The van der Waals surface area contributed by atoms with E-state index in [1.54, 1.807) is 41.6 Å². The molecule has 4 heterocycles. The zero-order valence-electron chi connectivity index (χ0n) is 19.0. The Labute approximate surface area is 200 Å². The van der Waals surface area contributed by atoms with E-state index >= 15 is 0 Å². The molecule has 5 rings (SSSR count). The molecule has 0 unspecified atom stereocenters. The molecule has 0 N–H and O–H groups in total. The van der Waals surface area contributed by atoms with Gasteiger partial charge in [-0.05, 0) is 26.0 Å². The monoisotopic (exact) mass is 476 g/mol. The van der Waals surface area contributed by atoms with Gasteiger partial charge in [-0.15, -0.1) is 11.3 Å². The first-order valence-electron chi connectivity index (χ1n) is 11.2. The second-order valence-electron chi connectivity index (χ2n) is 8.03. The van der Waals surface area contributed by atoms with E-state index in [1.807, 2.05) is 29.2 Å². The van der Waals surface area contributed by atoms with Crippen LogP contribution in [0.25, 0.3) is 11.0 Å². The SMILES string of the molecule is CCOC(=O)c1nn(CCc2scnc2C)c2c1CN(C(=O)c1cccc3nccnc13)CC2. The number of thiazole rings is 1. The zero-order valence-corrected chi connectivity index (χ0v) is 19.8. The molecule has 0 aliphatic carbocycles. The second kappa shape index (κ2) is 9.30. The Morgan fingerprint density at radius 1 is 1.18 bits per heavy atom. The number of nitrogens with zero attached hydrogens (tertiary/aromatic N) is 6. The van der Waals surface area contributed by atoms with Crippen molar-refractivity contribution in [2.24, 2.45) is 0 Å². The molecule has 0 bridgehead atoms. The summed E-state index contributed by atoms with van der Waals surface area (Å²) in [6.45, 7) is 5.48. The minimum atomic E-state index is -0.461. The lowest BCUT2D eigenvalue weighted by Gasteiger charge is -2.28. The van der Waals surface area contributed by atoms with Crippen LogP contribution in [0.15, 0.2) is 36.1 Å². The largest absolute Gasteiger partial charge is 0.461 e. The van der Waals surface area contributed by atoms with Gasteiger partial charge in [0.05, 0.1) is 35.4 Å². The zero-order chi connectivity index (χ0) is 23.7. The van der Waals surface area contributed by atoms with E-state index in [0.717, 1.165) is 23.4 Å². The number of esters is 1. The molecule has 1 aliphatic rings. The van der Waals surface area contributed by atoms with E-state index in [0.29, 0.717) is 42.7 Å². The Balaban J connectivity index is 1.45. The van der Waals surface area contributed by atoms with Gasteiger partial charge in [0.2, 0.25) is 0 Å². The molecule has 0 spiro atoms. The van der Waals surface area contributed by atoms with Gasteiger partial charge in [-0.3, -0.25) is 19.4 Å². The molecule has 9 nitrogen and oxygen atoms in total. The van der Waals surface area contributed by atoms with Gasteiger partial charge >= 0.3 is 5.97 Å². The molecule has 1 aliphatic heterocycles. The molecule has 3 aromatic heterocycles. The fourth-order valence-corrected chi connectivity index (χ4v) is 5.09. The van der Waals surface area contributed by atoms with Crippen molar-refractivity contribution in [3.8, 4) is 0 Å². The molecule has 0 fully saturated rings. The summed E-state index contributed by atoms with van der Waals surface area (Å²) in [5.41, 5.74) is 6.62. The molecule has 174 valence electrons. The first-order chi connectivity index (χ1) is 16.6. The minimum Gasteiger partial charge on any atom is -0.461 e. The van der Waals surface area contributed by atoms with Crippen molar-refractivity contribution in [2.45, 2.75) is 39.8 Å². The highest BCUT2D eigenvalue weighted by atomic mass is 32.1. The molecule has 0 saturated carbocycles. The number of amides is 1. The van der Waals surface area contributed by atoms with Crippen LogP contribution in [0.4, 0.5) is 0 Å². The quantitative estimate of drug-likeness (QED) is 0.394. The Morgan fingerprint density at radius 2 is 2.03 bits per heavy atom. The number of carbonyl (C=O) groups excluding carboxylic acids is 2. The van der Waals surface area contributed by atoms with E-state index in [4.69, 9.17) is 4.74 Å². The van der Waals surface area contributed by atoms with Crippen molar-refractivity contribution < 1.29 is 14.3 Å². The smallest absolute Gasteiger partial charge is 0.359 e. The van der Waals surface area contributed by atoms with Crippen LogP contribution < -0.4 is 0 Å². The summed E-state index contributed by atoms with van der Waals surface area (Å²) in [6, 6.07) is 5.41. The molecular formula is C24H24N6O3S. The summed E-state index contributed by atoms with van der Waals surface area (Å²) < 4.78 is 7.17. The van der Waals surface area contributed by atoms with Crippen molar-refractivity contribution >= 4 is 34.2 Å². The summed E-state index contributed by atoms with van der Waals surface area (Å²) in [5, 5.41) is 4.62. The fraction of sp³-hybridized carbons (Fsp3) is 0.333. The van der Waals surface area contributed by atoms with Crippen LogP contribution in [0.2, 0.25) is 0 Å². The van der Waals surface area contributed by atoms with Crippen LogP contribution in [-0.2, 0) is 30.7 Å². The van der Waals surface area contributed by atoms with Crippen molar-refractivity contribution in [1.29, 1.82) is 0 Å². The third kappa shape index (κ3) is 4.05. The Bertz CT molecular complexity index is 1370. The highest BCUT2D eigenvalue weighted by molar-refractivity contribution is 7.09. The number of ether oxygens (including phenoxy) is 1. The summed E-state index contributed by atoms with van der Waals surface area (Å²) >= 11 is 1.62. The van der Waals surface area contributed by atoms with E-state index < -0.39 is 5.97 Å². The number of aromatic nitrogens is 5. The number of carbonyl (C=O) groups is 2. The van der Waals surface area contributed by atoms with Crippen LogP contribution in [-0.4, -0.2) is 54.7 Å². The number of benzene rings is 1. The van der Waals surface area contributed by atoms with Gasteiger partial charge in [0, 0.05) is 54.5 Å². The highest BCUT2D eigenvalue weighted by Gasteiger charge is 2.31. The normalized spacial score (nSPS) is 13.2. The Morgan fingerprint density at radius 3 is 2.82 bits per heavy atom. The number of aryl methyl sites for hydroxylation is 3. The topological polar surface area (TPSA) is 103 Å². The molecule has 1 aromatic carbocycles. The Hall–Kier alpha value is -3.66. The predicted octanol–water partition coefficient (Wildman–Crippen LogP) is 3.21. The van der Waals surface area contributed by atoms with Gasteiger partial charge in [0.15, 0.2) is 5.69 Å². The number of hydrogen-bond acceptors (Lipinski definition) is 8. The molecule has 4 aromatic rings.